The van der Waals surface area contributed by atoms with E-state index in [4.69, 9.17) is 11.6 Å². The van der Waals surface area contributed by atoms with Crippen LogP contribution < -0.4 is 4.90 Å². The maximum Gasteiger partial charge on any atom is 0.185 e. The lowest BCUT2D eigenvalue weighted by Gasteiger charge is -2.37. The van der Waals surface area contributed by atoms with Crippen molar-refractivity contribution in [2.75, 3.05) is 4.90 Å². The van der Waals surface area contributed by atoms with Crippen LogP contribution in [-0.4, -0.2) is 29.4 Å². The molecule has 0 N–H and O–H groups in total. The second-order valence-corrected chi connectivity index (χ2v) is 10.6. The summed E-state index contributed by atoms with van der Waals surface area (Å²) in [6, 6.07) is 25.2. The molecule has 2 aliphatic heterocycles. The van der Waals surface area contributed by atoms with Crippen LogP contribution in [0, 0.1) is 11.2 Å². The highest BCUT2D eigenvalue weighted by molar-refractivity contribution is 6.32. The van der Waals surface area contributed by atoms with Crippen molar-refractivity contribution >= 4 is 40.7 Å². The summed E-state index contributed by atoms with van der Waals surface area (Å²) in [5.41, 5.74) is 1.67. The van der Waals surface area contributed by atoms with Crippen molar-refractivity contribution in [3.8, 4) is 0 Å². The summed E-state index contributed by atoms with van der Waals surface area (Å²) in [7, 11) is 0. The second kappa shape index (κ2) is 8.58. The van der Waals surface area contributed by atoms with Gasteiger partial charge in [-0.2, -0.15) is 0 Å². The molecule has 3 atom stereocenters. The van der Waals surface area contributed by atoms with Crippen molar-refractivity contribution in [2.24, 2.45) is 5.41 Å². The highest BCUT2D eigenvalue weighted by atomic mass is 35.5. The highest BCUT2D eigenvalue weighted by Gasteiger charge is 2.71. The zero-order valence-electron chi connectivity index (χ0n) is 20.6. The van der Waals surface area contributed by atoms with Gasteiger partial charge in [-0.05, 0) is 53.6 Å². The molecule has 0 amide bonds. The van der Waals surface area contributed by atoms with Crippen molar-refractivity contribution in [3.63, 3.8) is 0 Å². The van der Waals surface area contributed by atoms with E-state index >= 15 is 0 Å². The number of benzene rings is 4. The fraction of sp³-hybridized carbons (Fsp3) is 0.121. The van der Waals surface area contributed by atoms with Crippen LogP contribution >= 0.6 is 11.6 Å². The summed E-state index contributed by atoms with van der Waals surface area (Å²) in [4.78, 5) is 45.5. The number of anilines is 1. The lowest BCUT2D eigenvalue weighted by Crippen LogP contribution is -2.48. The minimum absolute atomic E-state index is 0.298. The number of carbonyl (C=O) groups excluding carboxylic acids is 3. The van der Waals surface area contributed by atoms with E-state index in [0.717, 1.165) is 11.3 Å². The third kappa shape index (κ3) is 3.20. The summed E-state index contributed by atoms with van der Waals surface area (Å²) in [6.07, 6.45) is 3.79. The van der Waals surface area contributed by atoms with Gasteiger partial charge in [0.05, 0.1) is 6.04 Å². The Morgan fingerprint density at radius 1 is 0.821 bits per heavy atom. The maximum atomic E-state index is 14.5. The SMILES string of the molecule is O=C(c1ccc(F)cc1)C1C(c2cccc(Cl)c2)C2(C(=O)c3ccccc3C2=O)C2C=Cc3ccccc3N12. The van der Waals surface area contributed by atoms with E-state index in [2.05, 4.69) is 0 Å². The average Bonchev–Trinajstić information content (AvgIpc) is 3.39. The number of fused-ring (bicyclic) bond motifs is 5. The van der Waals surface area contributed by atoms with Crippen molar-refractivity contribution in [1.29, 1.82) is 0 Å². The molecule has 0 bridgehead atoms. The fourth-order valence-corrected chi connectivity index (χ4v) is 6.97. The number of nitrogens with zero attached hydrogens (tertiary/aromatic N) is 1. The average molecular weight is 534 g/mol. The minimum atomic E-state index is -1.60. The van der Waals surface area contributed by atoms with Crippen molar-refractivity contribution in [2.45, 2.75) is 18.0 Å². The van der Waals surface area contributed by atoms with E-state index in [1.165, 1.54) is 24.3 Å². The van der Waals surface area contributed by atoms with Crippen LogP contribution in [0.25, 0.3) is 6.08 Å². The van der Waals surface area contributed by atoms with Crippen LogP contribution in [0.4, 0.5) is 10.1 Å². The second-order valence-electron chi connectivity index (χ2n) is 10.2. The molecule has 190 valence electrons. The van der Waals surface area contributed by atoms with Gasteiger partial charge in [-0.3, -0.25) is 14.4 Å². The van der Waals surface area contributed by atoms with Crippen LogP contribution in [-0.2, 0) is 0 Å². The first-order valence-corrected chi connectivity index (χ1v) is 13.1. The van der Waals surface area contributed by atoms with Gasteiger partial charge in [0, 0.05) is 33.3 Å². The number of Topliss-reactive ketones (excluding diaryl/α,β-unsaturated/α-hetero) is 3. The minimum Gasteiger partial charge on any atom is -0.352 e. The number of carbonyl (C=O) groups is 3. The van der Waals surface area contributed by atoms with Crippen LogP contribution in [0.2, 0.25) is 5.02 Å². The van der Waals surface area contributed by atoms with Gasteiger partial charge in [-0.15, -0.1) is 0 Å². The standard InChI is InChI=1S/C33H21ClFNO3/c34-22-8-5-7-21(18-22)28-29(30(37)20-12-15-23(35)16-13-20)36-26-11-4-1-6-19(26)14-17-27(36)33(28)31(38)24-9-2-3-10-25(24)32(33)39/h1-18,27-29H. The zero-order chi connectivity index (χ0) is 26.9. The normalized spacial score (nSPS) is 22.1. The molecule has 3 unspecified atom stereocenters. The molecule has 4 aromatic rings. The predicted molar refractivity (Wildman–Crippen MR) is 148 cm³/mol. The number of para-hydroxylation sites is 1. The molecule has 6 heteroatoms. The van der Waals surface area contributed by atoms with Gasteiger partial charge in [0.2, 0.25) is 0 Å². The molecule has 4 nitrogen and oxygen atoms in total. The van der Waals surface area contributed by atoms with Crippen LogP contribution in [0.3, 0.4) is 0 Å². The largest absolute Gasteiger partial charge is 0.352 e. The fourth-order valence-electron chi connectivity index (χ4n) is 6.78. The molecule has 3 aliphatic rings. The third-order valence-electron chi connectivity index (χ3n) is 8.32. The van der Waals surface area contributed by atoms with E-state index < -0.39 is 29.2 Å². The first kappa shape index (κ1) is 23.7. The molecule has 0 aromatic heterocycles. The van der Waals surface area contributed by atoms with E-state index in [1.807, 2.05) is 47.4 Å². The number of halogens is 2. The predicted octanol–water partition coefficient (Wildman–Crippen LogP) is 6.80. The molecule has 4 aromatic carbocycles. The lowest BCUT2D eigenvalue weighted by molar-refractivity contribution is 0.0666. The maximum absolute atomic E-state index is 14.5. The van der Waals surface area contributed by atoms with E-state index in [-0.39, 0.29) is 17.3 Å². The molecule has 0 saturated carbocycles. The molecule has 39 heavy (non-hydrogen) atoms. The molecular weight excluding hydrogens is 513 g/mol. The smallest absolute Gasteiger partial charge is 0.185 e. The number of ketones is 3. The molecule has 1 saturated heterocycles. The Kier molecular flexibility index (Phi) is 5.23. The summed E-state index contributed by atoms with van der Waals surface area (Å²) >= 11 is 6.45. The van der Waals surface area contributed by atoms with Crippen LogP contribution in [0.1, 0.15) is 48.1 Å². The van der Waals surface area contributed by atoms with E-state index in [0.29, 0.717) is 27.3 Å². The van der Waals surface area contributed by atoms with Crippen LogP contribution in [0.15, 0.2) is 103 Å². The Bertz CT molecular complexity index is 1690. The van der Waals surface area contributed by atoms with E-state index in [1.54, 1.807) is 42.5 Å². The molecular formula is C33H21ClFNO3. The number of rotatable bonds is 3. The number of hydrogen-bond acceptors (Lipinski definition) is 4. The Labute approximate surface area is 229 Å². The van der Waals surface area contributed by atoms with E-state index in [9.17, 15) is 18.8 Å². The summed E-state index contributed by atoms with van der Waals surface area (Å²) < 4.78 is 13.8. The molecule has 0 radical (unpaired) electrons. The van der Waals surface area contributed by atoms with Gasteiger partial charge in [-0.25, -0.2) is 4.39 Å². The van der Waals surface area contributed by atoms with Gasteiger partial charge in [0.25, 0.3) is 0 Å². The monoisotopic (exact) mass is 533 g/mol. The molecule has 7 rings (SSSR count). The summed E-state index contributed by atoms with van der Waals surface area (Å²) in [5, 5.41) is 0.437. The summed E-state index contributed by atoms with van der Waals surface area (Å²) in [5.74, 6) is -2.23. The van der Waals surface area contributed by atoms with Crippen molar-refractivity contribution in [3.05, 3.63) is 142 Å². The van der Waals surface area contributed by atoms with Gasteiger partial charge in [-0.1, -0.05) is 78.4 Å². The first-order chi connectivity index (χ1) is 18.9. The Balaban J connectivity index is 1.55. The van der Waals surface area contributed by atoms with Crippen LogP contribution in [0.5, 0.6) is 0 Å². The van der Waals surface area contributed by atoms with Gasteiger partial charge >= 0.3 is 0 Å². The van der Waals surface area contributed by atoms with Gasteiger partial charge < -0.3 is 4.90 Å². The highest BCUT2D eigenvalue weighted by Crippen LogP contribution is 2.61. The molecule has 1 spiro atoms. The Hall–Kier alpha value is -4.35. The lowest BCUT2D eigenvalue weighted by atomic mass is 9.64. The third-order valence-corrected chi connectivity index (χ3v) is 8.55. The van der Waals surface area contributed by atoms with Gasteiger partial charge in [0.1, 0.15) is 17.3 Å². The first-order valence-electron chi connectivity index (χ1n) is 12.7. The Morgan fingerprint density at radius 3 is 2.18 bits per heavy atom. The molecule has 1 aliphatic carbocycles. The van der Waals surface area contributed by atoms with Gasteiger partial charge in [0.15, 0.2) is 17.3 Å². The Morgan fingerprint density at radius 2 is 1.49 bits per heavy atom. The topological polar surface area (TPSA) is 54.5 Å². The molecule has 1 fully saturated rings. The zero-order valence-corrected chi connectivity index (χ0v) is 21.3. The van der Waals surface area contributed by atoms with Crippen molar-refractivity contribution in [1.82, 2.24) is 0 Å². The number of hydrogen-bond donors (Lipinski definition) is 0. The summed E-state index contributed by atoms with van der Waals surface area (Å²) in [6.45, 7) is 0. The van der Waals surface area contributed by atoms with Crippen molar-refractivity contribution < 1.29 is 18.8 Å². The molecule has 2 heterocycles. The quantitative estimate of drug-likeness (QED) is 0.215.